The van der Waals surface area contributed by atoms with Gasteiger partial charge in [-0.1, -0.05) is 171 Å². The number of pyridine rings is 2. The molecule has 0 spiro atoms. The lowest BCUT2D eigenvalue weighted by Gasteiger charge is -2.29. The highest BCUT2D eigenvalue weighted by Gasteiger charge is 2.27. The highest BCUT2D eigenvalue weighted by molar-refractivity contribution is 5.86. The number of aromatic nitrogens is 2. The number of hydrogen-bond donors (Lipinski definition) is 1. The lowest BCUT2D eigenvalue weighted by atomic mass is 9.78. The Morgan fingerprint density at radius 2 is 0.967 bits per heavy atom. The van der Waals surface area contributed by atoms with Gasteiger partial charge in [-0.25, -0.2) is 9.97 Å². The molecule has 0 saturated carbocycles. The van der Waals surface area contributed by atoms with Crippen LogP contribution in [0.2, 0.25) is 0 Å². The van der Waals surface area contributed by atoms with Crippen LogP contribution in [0.15, 0.2) is 182 Å². The fourth-order valence-electron chi connectivity index (χ4n) is 8.08. The lowest BCUT2D eigenvalue weighted by Crippen LogP contribution is -2.19. The number of phenols is 1. The molecule has 0 fully saturated rings. The predicted octanol–water partition coefficient (Wildman–Crippen LogP) is 15.2. The number of rotatable bonds is 9. The van der Waals surface area contributed by atoms with Gasteiger partial charge in [-0.15, -0.1) is 0 Å². The van der Waals surface area contributed by atoms with Gasteiger partial charge in [-0.3, -0.25) is 4.90 Å². The average Bonchev–Trinajstić information content (AvgIpc) is 3.27. The van der Waals surface area contributed by atoms with E-state index in [1.807, 2.05) is 30.5 Å². The van der Waals surface area contributed by atoms with Gasteiger partial charge in [0.15, 0.2) is 0 Å². The Morgan fingerprint density at radius 1 is 0.426 bits per heavy atom. The van der Waals surface area contributed by atoms with E-state index in [1.165, 1.54) is 11.1 Å². The zero-order chi connectivity index (χ0) is 42.9. The summed E-state index contributed by atoms with van der Waals surface area (Å²) in [6.07, 6.45) is 1.85. The number of nitrogens with zero attached hydrogens (tertiary/aromatic N) is 3. The number of hydrogen-bond acceptors (Lipinski definition) is 4. The summed E-state index contributed by atoms with van der Waals surface area (Å²) in [5.41, 5.74) is 13.3. The minimum Gasteiger partial charge on any atom is -0.507 e. The Balaban J connectivity index is 1.36. The van der Waals surface area contributed by atoms with Gasteiger partial charge in [0.25, 0.3) is 0 Å². The van der Waals surface area contributed by atoms with E-state index >= 15 is 0 Å². The van der Waals surface area contributed by atoms with E-state index in [4.69, 9.17) is 9.97 Å². The molecule has 0 aliphatic rings. The maximum atomic E-state index is 12.1. The van der Waals surface area contributed by atoms with Crippen LogP contribution in [0.4, 0.5) is 17.2 Å². The van der Waals surface area contributed by atoms with Gasteiger partial charge in [-0.2, -0.15) is 0 Å². The summed E-state index contributed by atoms with van der Waals surface area (Å²) >= 11 is 0. The van der Waals surface area contributed by atoms with Crippen molar-refractivity contribution in [1.29, 1.82) is 0 Å². The topological polar surface area (TPSA) is 49.2 Å². The van der Waals surface area contributed by atoms with Crippen molar-refractivity contribution in [3.05, 3.63) is 204 Å². The van der Waals surface area contributed by atoms with Crippen molar-refractivity contribution in [1.82, 2.24) is 9.97 Å². The molecule has 0 amide bonds. The quantitative estimate of drug-likeness (QED) is 0.158. The van der Waals surface area contributed by atoms with Crippen LogP contribution in [0.25, 0.3) is 44.8 Å². The predicted molar refractivity (Wildman–Crippen MR) is 256 cm³/mol. The number of benzene rings is 6. The largest absolute Gasteiger partial charge is 0.507 e. The summed E-state index contributed by atoms with van der Waals surface area (Å²) < 4.78 is 0. The summed E-state index contributed by atoms with van der Waals surface area (Å²) in [7, 11) is 0. The Morgan fingerprint density at radius 3 is 1.54 bits per heavy atom. The third kappa shape index (κ3) is 8.63. The molecule has 8 rings (SSSR count). The van der Waals surface area contributed by atoms with Crippen LogP contribution in [0.5, 0.6) is 5.75 Å². The van der Waals surface area contributed by atoms with Gasteiger partial charge in [0, 0.05) is 39.7 Å². The highest BCUT2D eigenvalue weighted by atomic mass is 16.3. The van der Waals surface area contributed by atoms with Crippen LogP contribution in [-0.4, -0.2) is 15.1 Å². The Kier molecular flexibility index (Phi) is 11.0. The Bertz CT molecular complexity index is 2770. The maximum absolute atomic E-state index is 12.1. The third-order valence-corrected chi connectivity index (χ3v) is 11.8. The van der Waals surface area contributed by atoms with Gasteiger partial charge in [-0.05, 0) is 110 Å². The number of phenolic OH excluding ortho intramolecular Hbond substituents is 1. The molecule has 8 aromatic rings. The fraction of sp³-hybridized carbons (Fsp3) is 0.193. The first-order valence-corrected chi connectivity index (χ1v) is 21.2. The molecule has 1 N–H and O–H groups in total. The monoisotopic (exact) mass is 797 g/mol. The summed E-state index contributed by atoms with van der Waals surface area (Å²) in [5.74, 6) is 1.07. The van der Waals surface area contributed by atoms with Crippen molar-refractivity contribution in [2.24, 2.45) is 0 Å². The molecule has 2 aromatic heterocycles. The minimum absolute atomic E-state index is 0.147. The second kappa shape index (κ2) is 16.3. The Hall–Kier alpha value is -6.78. The van der Waals surface area contributed by atoms with Crippen molar-refractivity contribution >= 4 is 17.2 Å². The van der Waals surface area contributed by atoms with Crippen molar-refractivity contribution < 1.29 is 5.11 Å². The molecule has 4 heteroatoms. The molecule has 0 unspecified atom stereocenters. The summed E-state index contributed by atoms with van der Waals surface area (Å²) in [5, 5.41) is 12.1. The molecule has 0 aliphatic carbocycles. The first-order valence-electron chi connectivity index (χ1n) is 21.2. The van der Waals surface area contributed by atoms with Crippen molar-refractivity contribution in [2.75, 3.05) is 4.90 Å². The molecule has 0 aliphatic heterocycles. The van der Waals surface area contributed by atoms with Gasteiger partial charge >= 0.3 is 0 Å². The van der Waals surface area contributed by atoms with Crippen molar-refractivity contribution in [2.45, 2.75) is 71.6 Å². The van der Waals surface area contributed by atoms with E-state index < -0.39 is 0 Å². The lowest BCUT2D eigenvalue weighted by molar-refractivity contribution is 0.446. The van der Waals surface area contributed by atoms with E-state index in [1.54, 1.807) is 0 Å². The van der Waals surface area contributed by atoms with Crippen LogP contribution in [0.1, 0.15) is 77.6 Å². The minimum atomic E-state index is -0.288. The van der Waals surface area contributed by atoms with Crippen LogP contribution < -0.4 is 4.90 Å². The molecule has 304 valence electrons. The third-order valence-electron chi connectivity index (χ3n) is 11.8. The Labute approximate surface area is 362 Å². The smallest absolute Gasteiger partial charge is 0.137 e. The molecule has 4 nitrogen and oxygen atoms in total. The standard InChI is InChI=1S/C57H55N3O/c1-55(2,3)46-37-49(54(61)50(38-46)56(4,5)6)52-36-42(40-22-14-10-15-23-40)35-51(59-52)43-32-41(39-20-12-9-13-21-39)33-48(34-43)60(53-26-18-19-31-58-53)47-29-27-45(28-30-47)57(7,8)44-24-16-11-17-25-44/h9-38,61H,1-8H3. The molecule has 2 heterocycles. The molecule has 61 heavy (non-hydrogen) atoms. The summed E-state index contributed by atoms with van der Waals surface area (Å²) in [6.45, 7) is 17.7. The van der Waals surface area contributed by atoms with E-state index in [2.05, 4.69) is 212 Å². The average molecular weight is 798 g/mol. The molecule has 0 saturated heterocycles. The van der Waals surface area contributed by atoms with Gasteiger partial charge in [0.2, 0.25) is 0 Å². The van der Waals surface area contributed by atoms with Gasteiger partial charge in [0.1, 0.15) is 11.6 Å². The van der Waals surface area contributed by atoms with E-state index in [0.717, 1.165) is 73.1 Å². The SMILES string of the molecule is CC(C)(C)c1cc(-c2cc(-c3ccccc3)cc(-c3cc(-c4ccccc4)cc(N(c4ccc(C(C)(C)c5ccccc5)cc4)c4ccccn4)c3)n2)c(O)c(C(C)(C)C)c1. The van der Waals surface area contributed by atoms with Crippen LogP contribution in [-0.2, 0) is 16.2 Å². The second-order valence-corrected chi connectivity index (χ2v) is 18.6. The van der Waals surface area contributed by atoms with Crippen LogP contribution in [0.3, 0.4) is 0 Å². The van der Waals surface area contributed by atoms with Crippen LogP contribution in [0, 0.1) is 0 Å². The first kappa shape index (κ1) is 41.0. The normalized spacial score (nSPS) is 12.0. The van der Waals surface area contributed by atoms with Gasteiger partial charge < -0.3 is 5.11 Å². The molecular weight excluding hydrogens is 743 g/mol. The zero-order valence-corrected chi connectivity index (χ0v) is 36.6. The fourth-order valence-corrected chi connectivity index (χ4v) is 8.08. The molecular formula is C57H55N3O. The van der Waals surface area contributed by atoms with Gasteiger partial charge in [0.05, 0.1) is 11.4 Å². The van der Waals surface area contributed by atoms with Crippen molar-refractivity contribution in [3.63, 3.8) is 0 Å². The van der Waals surface area contributed by atoms with Crippen molar-refractivity contribution in [3.8, 4) is 50.5 Å². The molecule has 6 aromatic carbocycles. The van der Waals surface area contributed by atoms with E-state index in [9.17, 15) is 5.11 Å². The summed E-state index contributed by atoms with van der Waals surface area (Å²) in [4.78, 5) is 12.6. The molecule has 0 atom stereocenters. The van der Waals surface area contributed by atoms with Crippen LogP contribution >= 0.6 is 0 Å². The highest BCUT2D eigenvalue weighted by Crippen LogP contribution is 2.45. The van der Waals surface area contributed by atoms with E-state index in [-0.39, 0.29) is 22.0 Å². The van der Waals surface area contributed by atoms with E-state index in [0.29, 0.717) is 0 Å². The number of anilines is 3. The maximum Gasteiger partial charge on any atom is 0.137 e. The summed E-state index contributed by atoms with van der Waals surface area (Å²) in [6, 6.07) is 61.8. The zero-order valence-electron chi connectivity index (χ0n) is 36.6. The second-order valence-electron chi connectivity index (χ2n) is 18.6. The molecule has 0 radical (unpaired) electrons. The number of aromatic hydroxyl groups is 1. The first-order chi connectivity index (χ1) is 29.2. The molecule has 0 bridgehead atoms.